The van der Waals surface area contributed by atoms with Gasteiger partial charge in [0.15, 0.2) is 11.5 Å². The predicted molar refractivity (Wildman–Crippen MR) is 168 cm³/mol. The number of anilines is 1. The summed E-state index contributed by atoms with van der Waals surface area (Å²) in [6.07, 6.45) is 1.81. The van der Waals surface area contributed by atoms with Crippen LogP contribution in [0.2, 0.25) is 0 Å². The van der Waals surface area contributed by atoms with Gasteiger partial charge in [-0.3, -0.25) is 13.9 Å². The average molecular weight is 608 g/mol. The zero-order valence-electron chi connectivity index (χ0n) is 25.3. The molecule has 9 nitrogen and oxygen atoms in total. The summed E-state index contributed by atoms with van der Waals surface area (Å²) in [6, 6.07) is 21.7. The van der Waals surface area contributed by atoms with Crippen molar-refractivity contribution in [1.82, 2.24) is 10.2 Å². The number of fused-ring (bicyclic) bond motifs is 1. The first-order chi connectivity index (χ1) is 20.5. The van der Waals surface area contributed by atoms with Crippen LogP contribution in [-0.4, -0.2) is 63.2 Å². The fraction of sp³-hybridized carbons (Fsp3) is 0.394. The quantitative estimate of drug-likeness (QED) is 0.307. The minimum absolute atomic E-state index is 0.0582. The highest BCUT2D eigenvalue weighted by Gasteiger charge is 2.31. The number of benzene rings is 3. The summed E-state index contributed by atoms with van der Waals surface area (Å²) in [5.41, 5.74) is 3.35. The molecule has 0 aliphatic carbocycles. The third-order valence-corrected chi connectivity index (χ3v) is 8.30. The van der Waals surface area contributed by atoms with Crippen molar-refractivity contribution in [3.8, 4) is 11.5 Å². The number of rotatable bonds is 13. The molecule has 2 amide bonds. The van der Waals surface area contributed by atoms with Gasteiger partial charge in [0, 0.05) is 38.0 Å². The first-order valence-electron chi connectivity index (χ1n) is 14.6. The fourth-order valence-corrected chi connectivity index (χ4v) is 6.09. The number of amides is 2. The van der Waals surface area contributed by atoms with Crippen molar-refractivity contribution in [2.24, 2.45) is 0 Å². The minimum atomic E-state index is -3.65. The summed E-state index contributed by atoms with van der Waals surface area (Å²) in [5.74, 6) is 0.596. The maximum atomic E-state index is 14.0. The number of ether oxygens (including phenoxy) is 2. The van der Waals surface area contributed by atoms with Crippen molar-refractivity contribution in [3.05, 3.63) is 89.5 Å². The van der Waals surface area contributed by atoms with Crippen LogP contribution in [0.1, 0.15) is 43.4 Å². The van der Waals surface area contributed by atoms with Crippen molar-refractivity contribution < 1.29 is 27.5 Å². The van der Waals surface area contributed by atoms with Crippen LogP contribution in [0.15, 0.2) is 72.8 Å². The molecule has 1 heterocycles. The Bertz CT molecular complexity index is 1510. The van der Waals surface area contributed by atoms with Gasteiger partial charge in [0.25, 0.3) is 0 Å². The molecule has 0 bridgehead atoms. The number of nitrogens with zero attached hydrogens (tertiary/aromatic N) is 2. The van der Waals surface area contributed by atoms with Crippen LogP contribution in [0.3, 0.4) is 0 Å². The summed E-state index contributed by atoms with van der Waals surface area (Å²) in [4.78, 5) is 29.2. The van der Waals surface area contributed by atoms with Gasteiger partial charge in [0.2, 0.25) is 21.8 Å². The molecule has 0 radical (unpaired) electrons. The smallest absolute Gasteiger partial charge is 0.243 e. The molecule has 0 saturated heterocycles. The molecule has 0 spiro atoms. The highest BCUT2D eigenvalue weighted by Crippen LogP contribution is 2.34. The number of hydrogen-bond donors (Lipinski definition) is 1. The average Bonchev–Trinajstić information content (AvgIpc) is 2.96. The summed E-state index contributed by atoms with van der Waals surface area (Å²) in [5, 5.41) is 2.99. The number of sulfonamides is 1. The van der Waals surface area contributed by atoms with Crippen LogP contribution >= 0.6 is 0 Å². The van der Waals surface area contributed by atoms with E-state index in [4.69, 9.17) is 9.47 Å². The minimum Gasteiger partial charge on any atom is -0.486 e. The second-order valence-corrected chi connectivity index (χ2v) is 13.1. The van der Waals surface area contributed by atoms with E-state index in [1.54, 1.807) is 23.1 Å². The molecule has 1 unspecified atom stereocenters. The number of carbonyl (C=O) groups is 2. The van der Waals surface area contributed by atoms with Gasteiger partial charge in [0.05, 0.1) is 11.9 Å². The third kappa shape index (κ3) is 8.97. The number of carbonyl (C=O) groups excluding carboxylic acids is 2. The van der Waals surface area contributed by atoms with Crippen LogP contribution in [0.5, 0.6) is 11.5 Å². The molecule has 4 rings (SSSR count). The first kappa shape index (κ1) is 31.9. The Kier molecular flexibility index (Phi) is 10.7. The van der Waals surface area contributed by atoms with E-state index in [0.717, 1.165) is 22.9 Å². The lowest BCUT2D eigenvalue weighted by molar-refractivity contribution is -0.141. The lowest BCUT2D eigenvalue weighted by Gasteiger charge is -2.32. The van der Waals surface area contributed by atoms with Gasteiger partial charge in [-0.25, -0.2) is 8.42 Å². The monoisotopic (exact) mass is 607 g/mol. The molecular weight excluding hydrogens is 566 g/mol. The van der Waals surface area contributed by atoms with E-state index >= 15 is 0 Å². The van der Waals surface area contributed by atoms with Crippen LogP contribution in [0.4, 0.5) is 5.69 Å². The molecule has 3 aromatic carbocycles. The van der Waals surface area contributed by atoms with Gasteiger partial charge in [-0.1, -0.05) is 60.2 Å². The van der Waals surface area contributed by atoms with E-state index in [-0.39, 0.29) is 43.8 Å². The number of hydrogen-bond acceptors (Lipinski definition) is 6. The van der Waals surface area contributed by atoms with Gasteiger partial charge < -0.3 is 19.7 Å². The Morgan fingerprint density at radius 2 is 1.60 bits per heavy atom. The maximum absolute atomic E-state index is 14.0. The standard InChI is InChI=1S/C33H41N3O6S/c1-24(2)34-33(38)29(21-26-11-6-5-7-12-26)35(23-27-13-8-10-25(3)20-27)32(37)14-9-17-36(43(4,39)40)28-15-16-30-31(22-28)42-19-18-41-30/h5-8,10-13,15-16,20,22,24,29H,9,14,17-19,21,23H2,1-4H3,(H,34,38). The Balaban J connectivity index is 1.57. The molecular formula is C33H41N3O6S. The highest BCUT2D eigenvalue weighted by atomic mass is 32.2. The lowest BCUT2D eigenvalue weighted by Crippen LogP contribution is -2.51. The second kappa shape index (κ2) is 14.4. The van der Waals surface area contributed by atoms with E-state index < -0.39 is 16.1 Å². The SMILES string of the molecule is Cc1cccc(CN(C(=O)CCCN(c2ccc3c(c2)OCCO3)S(C)(=O)=O)C(Cc2ccccc2)C(=O)NC(C)C)c1. The molecule has 1 N–H and O–H groups in total. The van der Waals surface area contributed by atoms with Crippen molar-refractivity contribution >= 4 is 27.5 Å². The van der Waals surface area contributed by atoms with Crippen LogP contribution in [0.25, 0.3) is 0 Å². The van der Waals surface area contributed by atoms with Crippen LogP contribution < -0.4 is 19.1 Å². The van der Waals surface area contributed by atoms with Crippen molar-refractivity contribution in [1.29, 1.82) is 0 Å². The normalized spacial score (nSPS) is 13.3. The maximum Gasteiger partial charge on any atom is 0.243 e. The molecule has 10 heteroatoms. The number of nitrogens with one attached hydrogen (secondary N) is 1. The van der Waals surface area contributed by atoms with Gasteiger partial charge in [0.1, 0.15) is 19.3 Å². The zero-order chi connectivity index (χ0) is 31.0. The molecule has 3 aromatic rings. The Morgan fingerprint density at radius 3 is 2.28 bits per heavy atom. The zero-order valence-corrected chi connectivity index (χ0v) is 26.1. The molecule has 1 aliphatic rings. The molecule has 0 aromatic heterocycles. The summed E-state index contributed by atoms with van der Waals surface area (Å²) in [7, 11) is -3.65. The van der Waals surface area contributed by atoms with Gasteiger partial charge >= 0.3 is 0 Å². The van der Waals surface area contributed by atoms with Crippen molar-refractivity contribution in [3.63, 3.8) is 0 Å². The van der Waals surface area contributed by atoms with Gasteiger partial charge in [-0.2, -0.15) is 0 Å². The molecule has 0 saturated carbocycles. The van der Waals surface area contributed by atoms with E-state index in [1.165, 1.54) is 4.31 Å². The fourth-order valence-electron chi connectivity index (χ4n) is 5.13. The van der Waals surface area contributed by atoms with Gasteiger partial charge in [-0.05, 0) is 50.5 Å². The molecule has 43 heavy (non-hydrogen) atoms. The first-order valence-corrected chi connectivity index (χ1v) is 16.4. The van der Waals surface area contributed by atoms with E-state index in [1.807, 2.05) is 75.4 Å². The number of aryl methyl sites for hydroxylation is 1. The van der Waals surface area contributed by atoms with Crippen molar-refractivity contribution in [2.75, 3.05) is 30.3 Å². The van der Waals surface area contributed by atoms with Crippen molar-refractivity contribution in [2.45, 2.75) is 58.7 Å². The summed E-state index contributed by atoms with van der Waals surface area (Å²) in [6.45, 7) is 6.92. The molecule has 0 fully saturated rings. The molecule has 230 valence electrons. The lowest BCUT2D eigenvalue weighted by atomic mass is 10.0. The van der Waals surface area contributed by atoms with Crippen LogP contribution in [-0.2, 0) is 32.6 Å². The molecule has 1 atom stereocenters. The summed E-state index contributed by atoms with van der Waals surface area (Å²) < 4.78 is 38.1. The highest BCUT2D eigenvalue weighted by molar-refractivity contribution is 7.92. The predicted octanol–water partition coefficient (Wildman–Crippen LogP) is 4.48. The Labute approximate surface area is 254 Å². The summed E-state index contributed by atoms with van der Waals surface area (Å²) >= 11 is 0. The van der Waals surface area contributed by atoms with E-state index in [0.29, 0.717) is 36.8 Å². The third-order valence-electron chi connectivity index (χ3n) is 7.10. The Hall–Kier alpha value is -4.05. The van der Waals surface area contributed by atoms with Gasteiger partial charge in [-0.15, -0.1) is 0 Å². The van der Waals surface area contributed by atoms with E-state index in [9.17, 15) is 18.0 Å². The Morgan fingerprint density at radius 1 is 0.907 bits per heavy atom. The van der Waals surface area contributed by atoms with E-state index in [2.05, 4.69) is 5.32 Å². The second-order valence-electron chi connectivity index (χ2n) is 11.1. The largest absolute Gasteiger partial charge is 0.486 e. The topological polar surface area (TPSA) is 105 Å². The van der Waals surface area contributed by atoms with Crippen LogP contribution in [0, 0.1) is 6.92 Å². The molecule has 1 aliphatic heterocycles.